The van der Waals surface area contributed by atoms with Crippen molar-refractivity contribution in [2.45, 2.75) is 12.5 Å². The summed E-state index contributed by atoms with van der Waals surface area (Å²) in [7, 11) is 1.81. The number of carbonyl (C=O) groups is 2. The van der Waals surface area contributed by atoms with Gasteiger partial charge in [0.15, 0.2) is 0 Å². The van der Waals surface area contributed by atoms with Gasteiger partial charge in [0.05, 0.1) is 5.92 Å². The van der Waals surface area contributed by atoms with Crippen molar-refractivity contribution in [1.29, 1.82) is 0 Å². The summed E-state index contributed by atoms with van der Waals surface area (Å²) in [6.45, 7) is 0.251. The molecule has 2 amide bonds. The van der Waals surface area contributed by atoms with E-state index in [1.165, 1.54) is 12.1 Å². The topological polar surface area (TPSA) is 67.2 Å². The number of rotatable bonds is 5. The smallest absolute Gasteiger partial charge is 0.227 e. The number of hydrogen-bond acceptors (Lipinski definition) is 3. The van der Waals surface area contributed by atoms with Gasteiger partial charge in [0.1, 0.15) is 17.7 Å². The van der Waals surface area contributed by atoms with E-state index in [1.807, 2.05) is 0 Å². The van der Waals surface area contributed by atoms with Gasteiger partial charge in [-0.15, -0.1) is 0 Å². The van der Waals surface area contributed by atoms with Crippen molar-refractivity contribution < 1.29 is 14.0 Å². The van der Waals surface area contributed by atoms with E-state index in [4.69, 9.17) is 11.6 Å². The van der Waals surface area contributed by atoms with Gasteiger partial charge in [-0.2, -0.15) is 0 Å². The number of hydrogen-bond donors (Lipinski definition) is 1. The molecule has 0 aliphatic carbocycles. The van der Waals surface area contributed by atoms with E-state index in [9.17, 15) is 14.0 Å². The van der Waals surface area contributed by atoms with Gasteiger partial charge in [0.2, 0.25) is 11.8 Å². The predicted molar refractivity (Wildman–Crippen MR) is 112 cm³/mol. The molecule has 1 saturated heterocycles. The van der Waals surface area contributed by atoms with Crippen molar-refractivity contribution in [1.82, 2.24) is 14.9 Å². The van der Waals surface area contributed by atoms with Crippen LogP contribution in [0.5, 0.6) is 0 Å². The predicted octanol–water partition coefficient (Wildman–Crippen LogP) is 3.47. The molecule has 3 aromatic rings. The zero-order valence-corrected chi connectivity index (χ0v) is 17.0. The van der Waals surface area contributed by atoms with Gasteiger partial charge in [0, 0.05) is 43.1 Å². The van der Waals surface area contributed by atoms with Crippen LogP contribution in [0.25, 0.3) is 0 Å². The van der Waals surface area contributed by atoms with Crippen LogP contribution in [0, 0.1) is 11.7 Å². The van der Waals surface area contributed by atoms with Crippen LogP contribution in [0.15, 0.2) is 60.9 Å². The summed E-state index contributed by atoms with van der Waals surface area (Å²) in [5, 5.41) is 3.48. The number of amides is 2. The van der Waals surface area contributed by atoms with Gasteiger partial charge < -0.3 is 14.8 Å². The van der Waals surface area contributed by atoms with Crippen molar-refractivity contribution >= 4 is 29.1 Å². The number of aromatic nitrogens is 2. The average molecular weight is 427 g/mol. The molecule has 8 heteroatoms. The second-order valence-corrected chi connectivity index (χ2v) is 7.71. The highest BCUT2D eigenvalue weighted by Crippen LogP contribution is 2.28. The van der Waals surface area contributed by atoms with Crippen molar-refractivity contribution in [2.24, 2.45) is 13.0 Å². The molecule has 0 saturated carbocycles. The fourth-order valence-electron chi connectivity index (χ4n) is 3.68. The minimum Gasteiger partial charge on any atom is -0.342 e. The lowest BCUT2D eigenvalue weighted by Gasteiger charge is -2.21. The second kappa shape index (κ2) is 8.28. The molecule has 0 radical (unpaired) electrons. The summed E-state index contributed by atoms with van der Waals surface area (Å²) in [5.41, 5.74) is 1.24. The maximum Gasteiger partial charge on any atom is 0.227 e. The number of carbonyl (C=O) groups excluding carboxylic acids is 2. The van der Waals surface area contributed by atoms with Crippen LogP contribution < -0.4 is 10.2 Å². The molecule has 2 atom stereocenters. The van der Waals surface area contributed by atoms with Gasteiger partial charge in [-0.3, -0.25) is 9.59 Å². The van der Waals surface area contributed by atoms with E-state index in [0.717, 1.165) is 0 Å². The molecule has 0 bridgehead atoms. The fourth-order valence-corrected chi connectivity index (χ4v) is 3.86. The van der Waals surface area contributed by atoms with Crippen LogP contribution in [0.2, 0.25) is 5.02 Å². The largest absolute Gasteiger partial charge is 0.342 e. The molecule has 2 unspecified atom stereocenters. The van der Waals surface area contributed by atoms with Gasteiger partial charge in [-0.25, -0.2) is 9.37 Å². The number of halogens is 2. The molecule has 2 heterocycles. The van der Waals surface area contributed by atoms with Gasteiger partial charge in [0.25, 0.3) is 0 Å². The Morgan fingerprint density at radius 1 is 1.27 bits per heavy atom. The molecular weight excluding hydrogens is 407 g/mol. The van der Waals surface area contributed by atoms with Crippen molar-refractivity contribution in [3.05, 3.63) is 83.2 Å². The van der Waals surface area contributed by atoms with Gasteiger partial charge >= 0.3 is 0 Å². The van der Waals surface area contributed by atoms with E-state index in [0.29, 0.717) is 22.1 Å². The summed E-state index contributed by atoms with van der Waals surface area (Å²) in [6.07, 6.45) is 3.47. The summed E-state index contributed by atoms with van der Waals surface area (Å²) in [6, 6.07) is 12.4. The molecule has 1 aliphatic rings. The standard InChI is InChI=1S/C22H20ClFN4O2/c1-27-9-8-25-21(27)20(14-4-2-6-17(24)10-14)26-22(30)15-11-19(29)28(13-15)18-7-3-5-16(23)12-18/h2-10,12,15,20H,11,13H2,1H3,(H,26,30). The highest BCUT2D eigenvalue weighted by Gasteiger charge is 2.36. The maximum atomic E-state index is 13.8. The molecular formula is C22H20ClFN4O2. The number of aryl methyl sites for hydroxylation is 1. The molecule has 0 spiro atoms. The molecule has 1 fully saturated rings. The van der Waals surface area contributed by atoms with E-state index < -0.39 is 17.8 Å². The van der Waals surface area contributed by atoms with Crippen LogP contribution in [-0.2, 0) is 16.6 Å². The van der Waals surface area contributed by atoms with Crippen LogP contribution in [0.3, 0.4) is 0 Å². The zero-order valence-electron chi connectivity index (χ0n) is 16.3. The third-order valence-corrected chi connectivity index (χ3v) is 5.44. The summed E-state index contributed by atoms with van der Waals surface area (Å²) < 4.78 is 15.6. The van der Waals surface area contributed by atoms with E-state index in [2.05, 4.69) is 10.3 Å². The maximum absolute atomic E-state index is 13.8. The van der Waals surface area contributed by atoms with E-state index in [1.54, 1.807) is 65.3 Å². The number of imidazole rings is 1. The lowest BCUT2D eigenvalue weighted by molar-refractivity contribution is -0.126. The minimum atomic E-state index is -0.636. The Morgan fingerprint density at radius 3 is 2.77 bits per heavy atom. The van der Waals surface area contributed by atoms with E-state index in [-0.39, 0.29) is 24.8 Å². The number of nitrogens with one attached hydrogen (secondary N) is 1. The fraction of sp³-hybridized carbons (Fsp3) is 0.227. The molecule has 1 aliphatic heterocycles. The molecule has 2 aromatic carbocycles. The lowest BCUT2D eigenvalue weighted by Crippen LogP contribution is -2.37. The van der Waals surface area contributed by atoms with Crippen LogP contribution in [-0.4, -0.2) is 27.9 Å². The molecule has 30 heavy (non-hydrogen) atoms. The lowest BCUT2D eigenvalue weighted by atomic mass is 10.0. The summed E-state index contributed by atoms with van der Waals surface area (Å²) in [4.78, 5) is 31.5. The Kier molecular flexibility index (Phi) is 5.55. The van der Waals surface area contributed by atoms with E-state index >= 15 is 0 Å². The van der Waals surface area contributed by atoms with Crippen LogP contribution in [0.1, 0.15) is 23.9 Å². The second-order valence-electron chi connectivity index (χ2n) is 7.28. The summed E-state index contributed by atoms with van der Waals surface area (Å²) in [5.74, 6) is -0.788. The Bertz CT molecular complexity index is 1100. The van der Waals surface area contributed by atoms with Crippen LogP contribution in [0.4, 0.5) is 10.1 Å². The molecule has 1 N–H and O–H groups in total. The Hall–Kier alpha value is -3.19. The third kappa shape index (κ3) is 4.07. The zero-order chi connectivity index (χ0) is 21.3. The third-order valence-electron chi connectivity index (χ3n) is 5.20. The first-order valence-electron chi connectivity index (χ1n) is 9.51. The molecule has 6 nitrogen and oxygen atoms in total. The van der Waals surface area contributed by atoms with Crippen molar-refractivity contribution in [3.63, 3.8) is 0 Å². The average Bonchev–Trinajstić information content (AvgIpc) is 3.31. The minimum absolute atomic E-state index is 0.0920. The van der Waals surface area contributed by atoms with Gasteiger partial charge in [-0.1, -0.05) is 29.8 Å². The SMILES string of the molecule is Cn1ccnc1C(NC(=O)C1CC(=O)N(c2cccc(Cl)c2)C1)c1cccc(F)c1. The van der Waals surface area contributed by atoms with Crippen molar-refractivity contribution in [3.8, 4) is 0 Å². The first-order chi connectivity index (χ1) is 14.4. The molecule has 1 aromatic heterocycles. The highest BCUT2D eigenvalue weighted by atomic mass is 35.5. The first-order valence-corrected chi connectivity index (χ1v) is 9.89. The van der Waals surface area contributed by atoms with Crippen LogP contribution >= 0.6 is 11.6 Å². The Balaban J connectivity index is 1.56. The normalized spacial score (nSPS) is 17.2. The number of anilines is 1. The highest BCUT2D eigenvalue weighted by molar-refractivity contribution is 6.31. The Morgan fingerprint density at radius 2 is 2.07 bits per heavy atom. The molecule has 4 rings (SSSR count). The molecule has 154 valence electrons. The van der Waals surface area contributed by atoms with Crippen molar-refractivity contribution in [2.75, 3.05) is 11.4 Å². The quantitative estimate of drug-likeness (QED) is 0.679. The Labute approximate surface area is 178 Å². The number of benzene rings is 2. The van der Waals surface area contributed by atoms with Gasteiger partial charge in [-0.05, 0) is 35.9 Å². The first kappa shape index (κ1) is 20.1. The monoisotopic (exact) mass is 426 g/mol. The number of nitrogens with zero attached hydrogens (tertiary/aromatic N) is 3. The summed E-state index contributed by atoms with van der Waals surface area (Å²) >= 11 is 6.03.